The summed E-state index contributed by atoms with van der Waals surface area (Å²) in [5.41, 5.74) is 6.01. The Bertz CT molecular complexity index is 360. The number of nitriles is 1. The summed E-state index contributed by atoms with van der Waals surface area (Å²) < 4.78 is 18.1. The smallest absolute Gasteiger partial charge is 0.181 e. The van der Waals surface area contributed by atoms with Crippen molar-refractivity contribution < 1.29 is 9.13 Å². The third kappa shape index (κ3) is 2.71. The number of nitrogens with two attached hydrogens (primary N) is 1. The molecule has 4 heteroatoms. The average molecular weight is 194 g/mol. The Kier molecular flexibility index (Phi) is 3.43. The lowest BCUT2D eigenvalue weighted by Crippen LogP contribution is -2.09. The fraction of sp³-hybridized carbons (Fsp3) is 0.300. The molecule has 0 aliphatic rings. The molecular formula is C10H11FN2O. The first-order chi connectivity index (χ1) is 6.65. The van der Waals surface area contributed by atoms with Crippen LogP contribution >= 0.6 is 0 Å². The summed E-state index contributed by atoms with van der Waals surface area (Å²) in [6.07, 6.45) is -0.595. The van der Waals surface area contributed by atoms with Crippen LogP contribution in [0.5, 0.6) is 5.75 Å². The molecule has 0 bridgehead atoms. The number of nitrogens with zero attached hydrogens (tertiary/aromatic N) is 1. The molecule has 3 nitrogen and oxygen atoms in total. The number of rotatable bonds is 3. The van der Waals surface area contributed by atoms with Crippen LogP contribution in [0, 0.1) is 17.1 Å². The van der Waals surface area contributed by atoms with Gasteiger partial charge in [-0.15, -0.1) is 0 Å². The SMILES string of the molecule is CC(C#N)Oc1cc(F)cc(CN)c1. The molecule has 1 atom stereocenters. The van der Waals surface area contributed by atoms with Crippen molar-refractivity contribution >= 4 is 0 Å². The van der Waals surface area contributed by atoms with Gasteiger partial charge in [-0.3, -0.25) is 0 Å². The summed E-state index contributed by atoms with van der Waals surface area (Å²) in [5.74, 6) is -0.0763. The lowest BCUT2D eigenvalue weighted by Gasteiger charge is -2.08. The molecule has 1 aromatic rings. The number of hydrogen-bond acceptors (Lipinski definition) is 3. The fourth-order valence-corrected chi connectivity index (χ4v) is 1.04. The molecule has 0 heterocycles. The van der Waals surface area contributed by atoms with Crippen molar-refractivity contribution in [3.05, 3.63) is 29.6 Å². The quantitative estimate of drug-likeness (QED) is 0.794. The lowest BCUT2D eigenvalue weighted by atomic mass is 10.2. The van der Waals surface area contributed by atoms with Gasteiger partial charge in [-0.1, -0.05) is 0 Å². The minimum absolute atomic E-state index is 0.245. The Labute approximate surface area is 81.9 Å². The van der Waals surface area contributed by atoms with E-state index in [4.69, 9.17) is 15.7 Å². The van der Waals surface area contributed by atoms with E-state index in [1.807, 2.05) is 6.07 Å². The number of benzene rings is 1. The first-order valence-electron chi connectivity index (χ1n) is 4.21. The van der Waals surface area contributed by atoms with Crippen LogP contribution in [0.3, 0.4) is 0 Å². The number of ether oxygens (including phenoxy) is 1. The Morgan fingerprint density at radius 2 is 2.29 bits per heavy atom. The average Bonchev–Trinajstić information content (AvgIpc) is 2.16. The molecule has 0 aliphatic heterocycles. The van der Waals surface area contributed by atoms with E-state index >= 15 is 0 Å². The van der Waals surface area contributed by atoms with Gasteiger partial charge in [0.25, 0.3) is 0 Å². The van der Waals surface area contributed by atoms with E-state index < -0.39 is 11.9 Å². The molecule has 74 valence electrons. The summed E-state index contributed by atoms with van der Waals surface area (Å²) in [7, 11) is 0. The van der Waals surface area contributed by atoms with E-state index in [9.17, 15) is 4.39 Å². The van der Waals surface area contributed by atoms with Crippen molar-refractivity contribution in [2.24, 2.45) is 5.73 Å². The first kappa shape index (κ1) is 10.5. The highest BCUT2D eigenvalue weighted by Crippen LogP contribution is 2.17. The third-order valence-electron chi connectivity index (χ3n) is 1.66. The van der Waals surface area contributed by atoms with Crippen molar-refractivity contribution in [1.29, 1.82) is 5.26 Å². The van der Waals surface area contributed by atoms with Gasteiger partial charge in [0.05, 0.1) is 0 Å². The monoisotopic (exact) mass is 194 g/mol. The first-order valence-corrected chi connectivity index (χ1v) is 4.21. The van der Waals surface area contributed by atoms with Crippen LogP contribution in [-0.4, -0.2) is 6.10 Å². The van der Waals surface area contributed by atoms with E-state index in [2.05, 4.69) is 0 Å². The molecule has 14 heavy (non-hydrogen) atoms. The molecule has 1 rings (SSSR count). The summed E-state index contributed by atoms with van der Waals surface area (Å²) in [6, 6.07) is 6.08. The van der Waals surface area contributed by atoms with E-state index in [0.717, 1.165) is 0 Å². The van der Waals surface area contributed by atoms with E-state index in [1.165, 1.54) is 12.1 Å². The second-order valence-electron chi connectivity index (χ2n) is 2.89. The molecule has 0 amide bonds. The molecule has 2 N–H and O–H groups in total. The molecule has 0 aromatic heterocycles. The van der Waals surface area contributed by atoms with Crippen LogP contribution in [0.1, 0.15) is 12.5 Å². The Morgan fingerprint density at radius 3 is 2.86 bits per heavy atom. The highest BCUT2D eigenvalue weighted by molar-refractivity contribution is 5.30. The lowest BCUT2D eigenvalue weighted by molar-refractivity contribution is 0.275. The highest BCUT2D eigenvalue weighted by Gasteiger charge is 2.04. The standard InChI is InChI=1S/C10H11FN2O/c1-7(5-12)14-10-3-8(6-13)2-9(11)4-10/h2-4,7H,6,13H2,1H3. The van der Waals surface area contributed by atoms with Crippen molar-refractivity contribution in [3.63, 3.8) is 0 Å². The van der Waals surface area contributed by atoms with E-state index in [1.54, 1.807) is 13.0 Å². The normalized spacial score (nSPS) is 11.9. The van der Waals surface area contributed by atoms with Crippen LogP contribution in [0.2, 0.25) is 0 Å². The molecule has 1 unspecified atom stereocenters. The molecule has 0 fully saturated rings. The zero-order valence-corrected chi connectivity index (χ0v) is 7.83. The molecule has 0 saturated carbocycles. The topological polar surface area (TPSA) is 59.0 Å². The molecule has 0 spiro atoms. The minimum Gasteiger partial charge on any atom is -0.476 e. The number of hydrogen-bond donors (Lipinski definition) is 1. The predicted molar refractivity (Wildman–Crippen MR) is 50.0 cm³/mol. The molecular weight excluding hydrogens is 183 g/mol. The Hall–Kier alpha value is -1.60. The van der Waals surface area contributed by atoms with Gasteiger partial charge in [-0.05, 0) is 24.6 Å². The highest BCUT2D eigenvalue weighted by atomic mass is 19.1. The van der Waals surface area contributed by atoms with Crippen LogP contribution in [-0.2, 0) is 6.54 Å². The predicted octanol–water partition coefficient (Wildman–Crippen LogP) is 1.58. The maximum Gasteiger partial charge on any atom is 0.181 e. The van der Waals surface area contributed by atoms with Crippen LogP contribution in [0.4, 0.5) is 4.39 Å². The van der Waals surface area contributed by atoms with Crippen molar-refractivity contribution in [1.82, 2.24) is 0 Å². The largest absolute Gasteiger partial charge is 0.476 e. The van der Waals surface area contributed by atoms with Gasteiger partial charge in [0.1, 0.15) is 17.6 Å². The van der Waals surface area contributed by atoms with E-state index in [0.29, 0.717) is 11.3 Å². The van der Waals surface area contributed by atoms with Gasteiger partial charge in [-0.2, -0.15) is 5.26 Å². The fourth-order valence-electron chi connectivity index (χ4n) is 1.04. The molecule has 0 aliphatic carbocycles. The van der Waals surface area contributed by atoms with Crippen molar-refractivity contribution in [2.45, 2.75) is 19.6 Å². The Morgan fingerprint density at radius 1 is 1.57 bits per heavy atom. The number of halogens is 1. The second kappa shape index (κ2) is 4.58. The summed E-state index contributed by atoms with van der Waals surface area (Å²) in [6.45, 7) is 1.84. The summed E-state index contributed by atoms with van der Waals surface area (Å²) >= 11 is 0. The van der Waals surface area contributed by atoms with Gasteiger partial charge in [-0.25, -0.2) is 4.39 Å². The summed E-state index contributed by atoms with van der Waals surface area (Å²) in [4.78, 5) is 0. The second-order valence-corrected chi connectivity index (χ2v) is 2.89. The van der Waals surface area contributed by atoms with Crippen molar-refractivity contribution in [2.75, 3.05) is 0 Å². The van der Waals surface area contributed by atoms with Crippen LogP contribution in [0.15, 0.2) is 18.2 Å². The van der Waals surface area contributed by atoms with Gasteiger partial charge in [0, 0.05) is 12.6 Å². The summed E-state index contributed by atoms with van der Waals surface area (Å²) in [5, 5.41) is 8.50. The van der Waals surface area contributed by atoms with Gasteiger partial charge in [0.2, 0.25) is 0 Å². The maximum atomic E-state index is 13.0. The zero-order valence-electron chi connectivity index (χ0n) is 7.83. The van der Waals surface area contributed by atoms with Gasteiger partial charge in [0.15, 0.2) is 6.10 Å². The van der Waals surface area contributed by atoms with Crippen LogP contribution in [0.25, 0.3) is 0 Å². The third-order valence-corrected chi connectivity index (χ3v) is 1.66. The minimum atomic E-state index is -0.595. The van der Waals surface area contributed by atoms with Gasteiger partial charge >= 0.3 is 0 Å². The molecule has 0 saturated heterocycles. The van der Waals surface area contributed by atoms with E-state index in [-0.39, 0.29) is 6.54 Å². The Balaban J connectivity index is 2.87. The van der Waals surface area contributed by atoms with Crippen LogP contribution < -0.4 is 10.5 Å². The van der Waals surface area contributed by atoms with Gasteiger partial charge < -0.3 is 10.5 Å². The van der Waals surface area contributed by atoms with Crippen molar-refractivity contribution in [3.8, 4) is 11.8 Å². The zero-order chi connectivity index (χ0) is 10.6. The molecule has 0 radical (unpaired) electrons. The maximum absolute atomic E-state index is 13.0. The molecule has 1 aromatic carbocycles.